The molecule has 1 heterocycles. The molecule has 5 nitrogen and oxygen atoms in total. The summed E-state index contributed by atoms with van der Waals surface area (Å²) in [6.45, 7) is 1.21. The summed E-state index contributed by atoms with van der Waals surface area (Å²) in [5, 5.41) is 0. The first-order chi connectivity index (χ1) is 7.15. The van der Waals surface area contributed by atoms with Crippen LogP contribution in [-0.4, -0.2) is 50.2 Å². The third kappa shape index (κ3) is 3.51. The van der Waals surface area contributed by atoms with Crippen molar-refractivity contribution >= 4 is 11.9 Å². The Morgan fingerprint density at radius 1 is 1.67 bits per heavy atom. The fraction of sp³-hybridized carbons (Fsp3) is 0.800. The highest BCUT2D eigenvalue weighted by atomic mass is 16.5. The zero-order chi connectivity index (χ0) is 11.3. The van der Waals surface area contributed by atoms with Gasteiger partial charge in [-0.25, -0.2) is 0 Å². The fourth-order valence-electron chi connectivity index (χ4n) is 1.62. The van der Waals surface area contributed by atoms with Crippen LogP contribution in [0.3, 0.4) is 0 Å². The predicted molar refractivity (Wildman–Crippen MR) is 53.2 cm³/mol. The zero-order valence-electron chi connectivity index (χ0n) is 9.19. The first-order valence-corrected chi connectivity index (χ1v) is 5.09. The summed E-state index contributed by atoms with van der Waals surface area (Å²) in [6.07, 6.45) is 1.84. The lowest BCUT2D eigenvalue weighted by Crippen LogP contribution is -2.36. The Morgan fingerprint density at radius 2 is 2.40 bits per heavy atom. The van der Waals surface area contributed by atoms with E-state index in [1.165, 1.54) is 7.11 Å². The van der Waals surface area contributed by atoms with E-state index in [2.05, 4.69) is 4.74 Å². The Morgan fingerprint density at radius 3 is 2.93 bits per heavy atom. The summed E-state index contributed by atoms with van der Waals surface area (Å²) in [5.74, 6) is -0.368. The number of nitrogens with zero attached hydrogens (tertiary/aromatic N) is 1. The van der Waals surface area contributed by atoms with Crippen LogP contribution < -0.4 is 0 Å². The lowest BCUT2D eigenvalue weighted by Gasteiger charge is -2.20. The summed E-state index contributed by atoms with van der Waals surface area (Å²) >= 11 is 0. The van der Waals surface area contributed by atoms with E-state index in [9.17, 15) is 9.59 Å². The smallest absolute Gasteiger partial charge is 0.323 e. The van der Waals surface area contributed by atoms with Crippen molar-refractivity contribution in [3.05, 3.63) is 0 Å². The second kappa shape index (κ2) is 5.70. The van der Waals surface area contributed by atoms with Crippen LogP contribution in [0.1, 0.15) is 19.3 Å². The quantitative estimate of drug-likeness (QED) is 0.613. The first-order valence-electron chi connectivity index (χ1n) is 5.09. The molecule has 0 amide bonds. The fourth-order valence-corrected chi connectivity index (χ4v) is 1.62. The van der Waals surface area contributed by atoms with Gasteiger partial charge in [0.1, 0.15) is 6.04 Å². The van der Waals surface area contributed by atoms with Gasteiger partial charge >= 0.3 is 11.9 Å². The van der Waals surface area contributed by atoms with Gasteiger partial charge in [0, 0.05) is 12.8 Å². The maximum Gasteiger partial charge on any atom is 0.323 e. The molecule has 0 aromatic rings. The minimum absolute atomic E-state index is 0.136. The largest absolute Gasteiger partial charge is 0.469 e. The van der Waals surface area contributed by atoms with Crippen LogP contribution in [0, 0.1) is 0 Å². The molecule has 1 aliphatic rings. The molecule has 1 atom stereocenters. The van der Waals surface area contributed by atoms with Gasteiger partial charge in [-0.1, -0.05) is 0 Å². The molecule has 0 N–H and O–H groups in total. The maximum atomic E-state index is 11.2. The number of rotatable bonds is 5. The van der Waals surface area contributed by atoms with Crippen LogP contribution in [0.15, 0.2) is 0 Å². The van der Waals surface area contributed by atoms with Crippen LogP contribution in [0.4, 0.5) is 0 Å². The molecule has 0 bridgehead atoms. The number of cyclic esters (lactones) is 1. The Kier molecular flexibility index (Phi) is 4.55. The number of esters is 2. The van der Waals surface area contributed by atoms with Gasteiger partial charge in [0.05, 0.1) is 13.7 Å². The van der Waals surface area contributed by atoms with Crippen molar-refractivity contribution in [1.29, 1.82) is 0 Å². The van der Waals surface area contributed by atoms with E-state index in [1.807, 2.05) is 11.9 Å². The van der Waals surface area contributed by atoms with Crippen LogP contribution in [0.5, 0.6) is 0 Å². The van der Waals surface area contributed by atoms with Crippen LogP contribution in [-0.2, 0) is 19.1 Å². The van der Waals surface area contributed by atoms with E-state index in [1.54, 1.807) is 0 Å². The highest BCUT2D eigenvalue weighted by Gasteiger charge is 2.29. The van der Waals surface area contributed by atoms with Crippen molar-refractivity contribution in [3.63, 3.8) is 0 Å². The van der Waals surface area contributed by atoms with E-state index in [0.717, 1.165) is 6.42 Å². The third-order valence-corrected chi connectivity index (χ3v) is 2.56. The van der Waals surface area contributed by atoms with E-state index in [0.29, 0.717) is 26.0 Å². The maximum absolute atomic E-state index is 11.2. The monoisotopic (exact) mass is 215 g/mol. The minimum Gasteiger partial charge on any atom is -0.469 e. The molecular formula is C10H17NO4. The van der Waals surface area contributed by atoms with E-state index >= 15 is 0 Å². The molecule has 1 unspecified atom stereocenters. The van der Waals surface area contributed by atoms with Crippen molar-refractivity contribution in [2.24, 2.45) is 0 Å². The number of likely N-dealkylation sites (N-methyl/N-ethyl adjacent to an activating group) is 1. The zero-order valence-corrected chi connectivity index (χ0v) is 9.19. The topological polar surface area (TPSA) is 55.8 Å². The van der Waals surface area contributed by atoms with Gasteiger partial charge in [-0.05, 0) is 20.0 Å². The van der Waals surface area contributed by atoms with Gasteiger partial charge in [-0.3, -0.25) is 14.5 Å². The number of ether oxygens (including phenoxy) is 2. The van der Waals surface area contributed by atoms with Gasteiger partial charge in [0.25, 0.3) is 0 Å². The molecule has 1 fully saturated rings. The number of methoxy groups -OCH3 is 1. The molecule has 86 valence electrons. The van der Waals surface area contributed by atoms with Crippen LogP contribution in [0.25, 0.3) is 0 Å². The van der Waals surface area contributed by atoms with Crippen molar-refractivity contribution in [3.8, 4) is 0 Å². The Labute approximate surface area is 89.3 Å². The second-order valence-corrected chi connectivity index (χ2v) is 3.63. The third-order valence-electron chi connectivity index (χ3n) is 2.56. The highest BCUT2D eigenvalue weighted by molar-refractivity contribution is 5.77. The average Bonchev–Trinajstić information content (AvgIpc) is 2.64. The summed E-state index contributed by atoms with van der Waals surface area (Å²) in [5.41, 5.74) is 0. The molecule has 0 spiro atoms. The van der Waals surface area contributed by atoms with Gasteiger partial charge in [-0.15, -0.1) is 0 Å². The van der Waals surface area contributed by atoms with Crippen molar-refractivity contribution in [2.75, 3.05) is 27.3 Å². The SMILES string of the molecule is COC(=O)CCCN(C)C1CCOC1=O. The number of carbonyl (C=O) groups excluding carboxylic acids is 2. The highest BCUT2D eigenvalue weighted by Crippen LogP contribution is 2.12. The minimum atomic E-state index is -0.211. The Hall–Kier alpha value is -1.10. The van der Waals surface area contributed by atoms with E-state index < -0.39 is 0 Å². The lowest BCUT2D eigenvalue weighted by molar-refractivity contribution is -0.141. The molecule has 1 aliphatic heterocycles. The molecule has 0 aromatic heterocycles. The molecule has 5 heteroatoms. The summed E-state index contributed by atoms with van der Waals surface area (Å²) in [4.78, 5) is 24.0. The van der Waals surface area contributed by atoms with Gasteiger partial charge in [-0.2, -0.15) is 0 Å². The normalized spacial score (nSPS) is 20.5. The summed E-state index contributed by atoms with van der Waals surface area (Å²) < 4.78 is 9.39. The Balaban J connectivity index is 2.20. The van der Waals surface area contributed by atoms with Gasteiger partial charge in [0.2, 0.25) is 0 Å². The molecule has 1 saturated heterocycles. The van der Waals surface area contributed by atoms with Gasteiger partial charge in [0.15, 0.2) is 0 Å². The van der Waals surface area contributed by atoms with E-state index in [-0.39, 0.29) is 18.0 Å². The standard InChI is InChI=1S/C10H17NO4/c1-11(6-3-4-9(12)14-2)8-5-7-15-10(8)13/h8H,3-7H2,1-2H3. The molecule has 0 radical (unpaired) electrons. The lowest BCUT2D eigenvalue weighted by atomic mass is 10.2. The summed E-state index contributed by atoms with van der Waals surface area (Å²) in [6, 6.07) is -0.136. The Bertz CT molecular complexity index is 242. The second-order valence-electron chi connectivity index (χ2n) is 3.63. The van der Waals surface area contributed by atoms with Crippen LogP contribution in [0.2, 0.25) is 0 Å². The average molecular weight is 215 g/mol. The molecule has 0 aromatic carbocycles. The molecule has 0 aliphatic carbocycles. The van der Waals surface area contributed by atoms with Crippen molar-refractivity contribution < 1.29 is 19.1 Å². The summed E-state index contributed by atoms with van der Waals surface area (Å²) in [7, 11) is 3.24. The number of hydrogen-bond acceptors (Lipinski definition) is 5. The van der Waals surface area contributed by atoms with Gasteiger partial charge < -0.3 is 9.47 Å². The molecule has 15 heavy (non-hydrogen) atoms. The first kappa shape index (κ1) is 12.0. The molecule has 0 saturated carbocycles. The molecular weight excluding hydrogens is 198 g/mol. The predicted octanol–water partition coefficient (Wildman–Crippen LogP) is 0.187. The van der Waals surface area contributed by atoms with Crippen molar-refractivity contribution in [2.45, 2.75) is 25.3 Å². The van der Waals surface area contributed by atoms with Crippen LogP contribution >= 0.6 is 0 Å². The molecule has 1 rings (SSSR count). The number of carbonyl (C=O) groups is 2. The van der Waals surface area contributed by atoms with E-state index in [4.69, 9.17) is 4.74 Å². The number of hydrogen-bond donors (Lipinski definition) is 0. The van der Waals surface area contributed by atoms with Crippen molar-refractivity contribution in [1.82, 2.24) is 4.90 Å².